The van der Waals surface area contributed by atoms with Crippen molar-refractivity contribution < 1.29 is 14.3 Å². The molecule has 0 atom stereocenters. The SMILES string of the molecule is CCCCOc1ccc(Br)cc1C(=O)NC(=S)Nc1ccc(NC(=O)CCC)cc1. The van der Waals surface area contributed by atoms with E-state index in [1.807, 2.05) is 13.0 Å². The number of halogens is 1. The second kappa shape index (κ2) is 12.3. The van der Waals surface area contributed by atoms with Crippen molar-refractivity contribution in [2.75, 3.05) is 17.2 Å². The van der Waals surface area contributed by atoms with Crippen LogP contribution in [0, 0.1) is 0 Å². The largest absolute Gasteiger partial charge is 0.493 e. The Bertz CT molecular complexity index is 888. The van der Waals surface area contributed by atoms with Gasteiger partial charge in [-0.25, -0.2) is 0 Å². The summed E-state index contributed by atoms with van der Waals surface area (Å²) in [4.78, 5) is 24.4. The highest BCUT2D eigenvalue weighted by Gasteiger charge is 2.15. The monoisotopic (exact) mass is 491 g/mol. The average Bonchev–Trinajstić information content (AvgIpc) is 2.70. The Morgan fingerprint density at radius 1 is 1.00 bits per heavy atom. The van der Waals surface area contributed by atoms with Gasteiger partial charge in [-0.15, -0.1) is 0 Å². The molecule has 0 aromatic heterocycles. The molecule has 0 bridgehead atoms. The van der Waals surface area contributed by atoms with E-state index in [2.05, 4.69) is 38.8 Å². The van der Waals surface area contributed by atoms with Crippen LogP contribution in [0.5, 0.6) is 5.75 Å². The van der Waals surface area contributed by atoms with Crippen molar-refractivity contribution in [1.82, 2.24) is 5.32 Å². The maximum atomic E-state index is 12.7. The summed E-state index contributed by atoms with van der Waals surface area (Å²) in [6.45, 7) is 4.58. The Morgan fingerprint density at radius 2 is 1.67 bits per heavy atom. The molecule has 0 radical (unpaired) electrons. The second-order valence-electron chi connectivity index (χ2n) is 6.63. The number of anilines is 2. The van der Waals surface area contributed by atoms with Crippen LogP contribution in [-0.4, -0.2) is 23.5 Å². The van der Waals surface area contributed by atoms with E-state index in [-0.39, 0.29) is 16.9 Å². The van der Waals surface area contributed by atoms with E-state index in [1.165, 1.54) is 0 Å². The highest BCUT2D eigenvalue weighted by molar-refractivity contribution is 9.10. The number of carbonyl (C=O) groups is 2. The highest BCUT2D eigenvalue weighted by atomic mass is 79.9. The fourth-order valence-corrected chi connectivity index (χ4v) is 3.12. The summed E-state index contributed by atoms with van der Waals surface area (Å²) >= 11 is 8.65. The van der Waals surface area contributed by atoms with Gasteiger partial charge < -0.3 is 15.4 Å². The predicted molar refractivity (Wildman–Crippen MR) is 128 cm³/mol. The zero-order valence-electron chi connectivity index (χ0n) is 17.1. The summed E-state index contributed by atoms with van der Waals surface area (Å²) in [5.74, 6) is 0.134. The highest BCUT2D eigenvalue weighted by Crippen LogP contribution is 2.23. The minimum Gasteiger partial charge on any atom is -0.493 e. The van der Waals surface area contributed by atoms with E-state index in [9.17, 15) is 9.59 Å². The van der Waals surface area contributed by atoms with Gasteiger partial charge in [0.2, 0.25) is 5.91 Å². The van der Waals surface area contributed by atoms with Crippen LogP contribution in [0.3, 0.4) is 0 Å². The molecule has 0 unspecified atom stereocenters. The van der Waals surface area contributed by atoms with Crippen molar-refractivity contribution in [3.8, 4) is 5.75 Å². The Kier molecular flexibility index (Phi) is 9.76. The molecule has 0 aliphatic rings. The number of nitrogens with one attached hydrogen (secondary N) is 3. The zero-order chi connectivity index (χ0) is 21.9. The molecule has 2 aromatic carbocycles. The molecule has 2 rings (SSSR count). The zero-order valence-corrected chi connectivity index (χ0v) is 19.5. The number of benzene rings is 2. The van der Waals surface area contributed by atoms with Gasteiger partial charge in [0.15, 0.2) is 5.11 Å². The van der Waals surface area contributed by atoms with Crippen LogP contribution in [0.25, 0.3) is 0 Å². The summed E-state index contributed by atoms with van der Waals surface area (Å²) in [5.41, 5.74) is 1.80. The van der Waals surface area contributed by atoms with E-state index in [0.29, 0.717) is 35.7 Å². The molecular weight excluding hydrogens is 466 g/mol. The fourth-order valence-electron chi connectivity index (χ4n) is 2.55. The first-order chi connectivity index (χ1) is 14.4. The molecule has 0 saturated heterocycles. The minimum atomic E-state index is -0.358. The van der Waals surface area contributed by atoms with Crippen LogP contribution in [-0.2, 0) is 4.79 Å². The lowest BCUT2D eigenvalue weighted by atomic mass is 10.2. The van der Waals surface area contributed by atoms with Crippen molar-refractivity contribution in [2.24, 2.45) is 0 Å². The molecule has 3 N–H and O–H groups in total. The van der Waals surface area contributed by atoms with E-state index in [1.54, 1.807) is 36.4 Å². The summed E-state index contributed by atoms with van der Waals surface area (Å²) < 4.78 is 6.51. The van der Waals surface area contributed by atoms with Crippen LogP contribution >= 0.6 is 28.1 Å². The maximum Gasteiger partial charge on any atom is 0.261 e. The molecule has 0 spiro atoms. The van der Waals surface area contributed by atoms with Crippen molar-refractivity contribution in [3.05, 3.63) is 52.5 Å². The second-order valence-corrected chi connectivity index (χ2v) is 7.95. The lowest BCUT2D eigenvalue weighted by Crippen LogP contribution is -2.34. The quantitative estimate of drug-likeness (QED) is 0.319. The van der Waals surface area contributed by atoms with Crippen molar-refractivity contribution in [2.45, 2.75) is 39.5 Å². The van der Waals surface area contributed by atoms with Crippen molar-refractivity contribution in [3.63, 3.8) is 0 Å². The number of rotatable bonds is 9. The van der Waals surface area contributed by atoms with Gasteiger partial charge in [-0.1, -0.05) is 36.2 Å². The number of hydrogen-bond donors (Lipinski definition) is 3. The maximum absolute atomic E-state index is 12.7. The number of unbranched alkanes of at least 4 members (excludes halogenated alkanes) is 1. The summed E-state index contributed by atoms with van der Waals surface area (Å²) in [6.07, 6.45) is 3.19. The summed E-state index contributed by atoms with van der Waals surface area (Å²) in [7, 11) is 0. The molecule has 6 nitrogen and oxygen atoms in total. The Hall–Kier alpha value is -2.45. The third-order valence-electron chi connectivity index (χ3n) is 4.07. The summed E-state index contributed by atoms with van der Waals surface area (Å²) in [5, 5.41) is 8.64. The van der Waals surface area contributed by atoms with Crippen LogP contribution in [0.2, 0.25) is 0 Å². The van der Waals surface area contributed by atoms with Gasteiger partial charge in [0.05, 0.1) is 12.2 Å². The first kappa shape index (κ1) is 23.8. The lowest BCUT2D eigenvalue weighted by Gasteiger charge is -2.14. The molecule has 30 heavy (non-hydrogen) atoms. The standard InChI is InChI=1S/C22H26BrN3O3S/c1-3-5-13-29-19-12-7-15(23)14-18(19)21(28)26-22(30)25-17-10-8-16(9-11-17)24-20(27)6-4-2/h7-12,14H,3-6,13H2,1-2H3,(H,24,27)(H2,25,26,28,30). The molecule has 0 aliphatic carbocycles. The number of carbonyl (C=O) groups excluding carboxylic acids is 2. The average molecular weight is 492 g/mol. The van der Waals surface area contributed by atoms with Gasteiger partial charge in [-0.3, -0.25) is 14.9 Å². The predicted octanol–water partition coefficient (Wildman–Crippen LogP) is 5.49. The van der Waals surface area contributed by atoms with Gasteiger partial charge in [0.1, 0.15) is 5.75 Å². The molecule has 2 aromatic rings. The van der Waals surface area contributed by atoms with E-state index in [4.69, 9.17) is 17.0 Å². The first-order valence-electron chi connectivity index (χ1n) is 9.87. The van der Waals surface area contributed by atoms with E-state index >= 15 is 0 Å². The summed E-state index contributed by atoms with van der Waals surface area (Å²) in [6, 6.07) is 12.4. The molecule has 2 amide bonds. The smallest absolute Gasteiger partial charge is 0.261 e. The third kappa shape index (κ3) is 7.76. The van der Waals surface area contributed by atoms with E-state index < -0.39 is 0 Å². The van der Waals surface area contributed by atoms with Gasteiger partial charge in [0, 0.05) is 22.3 Å². The number of thiocarbonyl (C=S) groups is 1. The van der Waals surface area contributed by atoms with Crippen LogP contribution in [0.15, 0.2) is 46.9 Å². The van der Waals surface area contributed by atoms with Gasteiger partial charge >= 0.3 is 0 Å². The molecule has 0 heterocycles. The van der Waals surface area contributed by atoms with Crippen molar-refractivity contribution >= 4 is 56.4 Å². The molecular formula is C22H26BrN3O3S. The molecule has 0 fully saturated rings. The van der Waals surface area contributed by atoms with Gasteiger partial charge in [-0.05, 0) is 67.5 Å². The van der Waals surface area contributed by atoms with Crippen LogP contribution in [0.1, 0.15) is 49.9 Å². The number of hydrogen-bond acceptors (Lipinski definition) is 4. The number of amides is 2. The Labute approximate surface area is 190 Å². The molecule has 0 aliphatic heterocycles. The number of ether oxygens (including phenoxy) is 1. The fraction of sp³-hybridized carbons (Fsp3) is 0.318. The van der Waals surface area contributed by atoms with Gasteiger partial charge in [0.25, 0.3) is 5.91 Å². The Balaban J connectivity index is 1.97. The van der Waals surface area contributed by atoms with Gasteiger partial charge in [-0.2, -0.15) is 0 Å². The van der Waals surface area contributed by atoms with Crippen molar-refractivity contribution in [1.29, 1.82) is 0 Å². The normalized spacial score (nSPS) is 10.2. The minimum absolute atomic E-state index is 0.0213. The van der Waals surface area contributed by atoms with Crippen LogP contribution in [0.4, 0.5) is 11.4 Å². The molecule has 0 saturated carbocycles. The van der Waals surface area contributed by atoms with E-state index in [0.717, 1.165) is 23.7 Å². The molecule has 8 heteroatoms. The first-order valence-corrected chi connectivity index (χ1v) is 11.1. The lowest BCUT2D eigenvalue weighted by molar-refractivity contribution is -0.116. The third-order valence-corrected chi connectivity index (χ3v) is 4.77. The topological polar surface area (TPSA) is 79.5 Å². The Morgan fingerprint density at radius 3 is 2.30 bits per heavy atom. The molecule has 160 valence electrons. The van der Waals surface area contributed by atoms with Crippen LogP contribution < -0.4 is 20.7 Å².